The van der Waals surface area contributed by atoms with E-state index in [1.165, 1.54) is 4.90 Å². The fourth-order valence-electron chi connectivity index (χ4n) is 2.69. The standard InChI is InChI=1S/C15H12F5N3O2/c16-10-4-3-8(6-11(10)17)13(24)23-5-1-2-9(7-23)12-21-22-14(25-12)15(18,19)20/h3-4,6,9H,1-2,5,7H2. The number of aromatic nitrogens is 2. The van der Waals surface area contributed by atoms with Crippen LogP contribution in [0.2, 0.25) is 0 Å². The maximum atomic E-state index is 13.3. The molecular formula is C15H12F5N3O2. The molecule has 10 heteroatoms. The molecule has 0 aliphatic carbocycles. The molecule has 1 fully saturated rings. The molecular weight excluding hydrogens is 349 g/mol. The molecule has 1 atom stereocenters. The second-order valence-electron chi connectivity index (χ2n) is 5.66. The van der Waals surface area contributed by atoms with E-state index in [9.17, 15) is 26.7 Å². The maximum absolute atomic E-state index is 13.3. The average Bonchev–Trinajstić information content (AvgIpc) is 3.07. The first-order valence-corrected chi connectivity index (χ1v) is 7.40. The molecule has 0 N–H and O–H groups in total. The second-order valence-corrected chi connectivity index (χ2v) is 5.66. The van der Waals surface area contributed by atoms with E-state index in [0.717, 1.165) is 18.2 Å². The lowest BCUT2D eigenvalue weighted by atomic mass is 9.97. The van der Waals surface area contributed by atoms with Crippen LogP contribution in [0.4, 0.5) is 22.0 Å². The van der Waals surface area contributed by atoms with E-state index < -0.39 is 35.5 Å². The Bertz CT molecular complexity index is 790. The molecule has 3 rings (SSSR count). The second kappa shape index (κ2) is 6.41. The molecule has 1 amide bonds. The van der Waals surface area contributed by atoms with Crippen LogP contribution >= 0.6 is 0 Å². The summed E-state index contributed by atoms with van der Waals surface area (Å²) in [7, 11) is 0. The minimum atomic E-state index is -4.74. The van der Waals surface area contributed by atoms with Gasteiger partial charge in [-0.1, -0.05) is 0 Å². The first-order valence-electron chi connectivity index (χ1n) is 7.40. The Hall–Kier alpha value is -2.52. The number of rotatable bonds is 2. The predicted octanol–water partition coefficient (Wildman–Crippen LogP) is 3.39. The third kappa shape index (κ3) is 3.62. The van der Waals surface area contributed by atoms with Crippen molar-refractivity contribution >= 4 is 5.91 Å². The lowest BCUT2D eigenvalue weighted by Gasteiger charge is -2.31. The van der Waals surface area contributed by atoms with Gasteiger partial charge in [0.2, 0.25) is 5.89 Å². The van der Waals surface area contributed by atoms with Crippen LogP contribution in [0.3, 0.4) is 0 Å². The Labute approximate surface area is 138 Å². The molecule has 2 aromatic rings. The number of carbonyl (C=O) groups excluding carboxylic acids is 1. The van der Waals surface area contributed by atoms with E-state index in [4.69, 9.17) is 0 Å². The van der Waals surface area contributed by atoms with E-state index in [2.05, 4.69) is 14.6 Å². The molecule has 1 saturated heterocycles. The maximum Gasteiger partial charge on any atom is 0.470 e. The molecule has 1 aromatic carbocycles. The van der Waals surface area contributed by atoms with Gasteiger partial charge >= 0.3 is 12.1 Å². The summed E-state index contributed by atoms with van der Waals surface area (Å²) < 4.78 is 68.5. The minimum absolute atomic E-state index is 0.0407. The Kier molecular flexibility index (Phi) is 4.44. The van der Waals surface area contributed by atoms with Gasteiger partial charge in [-0.2, -0.15) is 13.2 Å². The Morgan fingerprint density at radius 1 is 1.20 bits per heavy atom. The number of piperidine rings is 1. The van der Waals surface area contributed by atoms with Crippen molar-refractivity contribution in [3.8, 4) is 0 Å². The van der Waals surface area contributed by atoms with Gasteiger partial charge in [-0.25, -0.2) is 8.78 Å². The van der Waals surface area contributed by atoms with Crippen LogP contribution in [0.25, 0.3) is 0 Å². The average molecular weight is 361 g/mol. The van der Waals surface area contributed by atoms with E-state index in [1.54, 1.807) is 0 Å². The van der Waals surface area contributed by atoms with E-state index in [0.29, 0.717) is 19.4 Å². The zero-order valence-electron chi connectivity index (χ0n) is 12.7. The molecule has 0 radical (unpaired) electrons. The quantitative estimate of drug-likeness (QED) is 0.770. The zero-order chi connectivity index (χ0) is 18.2. The summed E-state index contributed by atoms with van der Waals surface area (Å²) in [6, 6.07) is 2.78. The molecule has 0 spiro atoms. The number of benzene rings is 1. The van der Waals surface area contributed by atoms with Gasteiger partial charge in [0.05, 0.1) is 5.92 Å². The normalized spacial score (nSPS) is 18.4. The summed E-state index contributed by atoms with van der Waals surface area (Å²) >= 11 is 0. The van der Waals surface area contributed by atoms with Crippen LogP contribution in [-0.4, -0.2) is 34.1 Å². The highest BCUT2D eigenvalue weighted by molar-refractivity contribution is 5.94. The summed E-state index contributed by atoms with van der Waals surface area (Å²) in [4.78, 5) is 13.7. The van der Waals surface area contributed by atoms with Gasteiger partial charge in [-0.15, -0.1) is 10.2 Å². The summed E-state index contributed by atoms with van der Waals surface area (Å²) in [6.45, 7) is 0.395. The van der Waals surface area contributed by atoms with Crippen LogP contribution < -0.4 is 0 Å². The highest BCUT2D eigenvalue weighted by atomic mass is 19.4. The van der Waals surface area contributed by atoms with Gasteiger partial charge in [0.1, 0.15) is 0 Å². The SMILES string of the molecule is O=C(c1ccc(F)c(F)c1)N1CCCC(c2nnc(C(F)(F)F)o2)C1. The third-order valence-corrected chi connectivity index (χ3v) is 3.91. The van der Waals surface area contributed by atoms with Crippen LogP contribution in [0.5, 0.6) is 0 Å². The minimum Gasteiger partial charge on any atom is -0.417 e. The van der Waals surface area contributed by atoms with Crippen LogP contribution in [0.1, 0.15) is 40.9 Å². The molecule has 1 unspecified atom stereocenters. The van der Waals surface area contributed by atoms with Gasteiger partial charge in [0.15, 0.2) is 11.6 Å². The number of amides is 1. The van der Waals surface area contributed by atoms with Crippen molar-refractivity contribution in [1.29, 1.82) is 0 Å². The number of halogens is 5. The van der Waals surface area contributed by atoms with Crippen LogP contribution in [0.15, 0.2) is 22.6 Å². The molecule has 5 nitrogen and oxygen atoms in total. The van der Waals surface area contributed by atoms with Crippen molar-refractivity contribution in [3.05, 3.63) is 47.2 Å². The predicted molar refractivity (Wildman–Crippen MR) is 73.5 cm³/mol. The zero-order valence-corrected chi connectivity index (χ0v) is 12.7. The number of carbonyl (C=O) groups is 1. The third-order valence-electron chi connectivity index (χ3n) is 3.91. The molecule has 25 heavy (non-hydrogen) atoms. The van der Waals surface area contributed by atoms with Crippen molar-refractivity contribution < 1.29 is 31.2 Å². The summed E-state index contributed by atoms with van der Waals surface area (Å²) in [6.07, 6.45) is -3.76. The summed E-state index contributed by atoms with van der Waals surface area (Å²) in [5, 5.41) is 6.39. The largest absolute Gasteiger partial charge is 0.470 e. The van der Waals surface area contributed by atoms with Gasteiger partial charge in [-0.05, 0) is 31.0 Å². The Morgan fingerprint density at radius 3 is 2.60 bits per heavy atom. The van der Waals surface area contributed by atoms with Crippen molar-refractivity contribution in [2.45, 2.75) is 24.9 Å². The van der Waals surface area contributed by atoms with Gasteiger partial charge in [-0.3, -0.25) is 4.79 Å². The molecule has 2 heterocycles. The lowest BCUT2D eigenvalue weighted by Crippen LogP contribution is -2.39. The Morgan fingerprint density at radius 2 is 1.96 bits per heavy atom. The fourth-order valence-corrected chi connectivity index (χ4v) is 2.69. The molecule has 1 aliphatic heterocycles. The first kappa shape index (κ1) is 17.3. The molecule has 0 saturated carbocycles. The van der Waals surface area contributed by atoms with Crippen LogP contribution in [-0.2, 0) is 6.18 Å². The van der Waals surface area contributed by atoms with Crippen molar-refractivity contribution in [2.75, 3.05) is 13.1 Å². The van der Waals surface area contributed by atoms with Crippen molar-refractivity contribution in [3.63, 3.8) is 0 Å². The molecule has 134 valence electrons. The van der Waals surface area contributed by atoms with Gasteiger partial charge in [0.25, 0.3) is 5.91 Å². The summed E-state index contributed by atoms with van der Waals surface area (Å²) in [5.74, 6) is -4.95. The highest BCUT2D eigenvalue weighted by Gasteiger charge is 2.39. The molecule has 1 aromatic heterocycles. The van der Waals surface area contributed by atoms with E-state index in [1.807, 2.05) is 0 Å². The van der Waals surface area contributed by atoms with Gasteiger partial charge in [0, 0.05) is 18.7 Å². The van der Waals surface area contributed by atoms with E-state index in [-0.39, 0.29) is 18.0 Å². The topological polar surface area (TPSA) is 59.2 Å². The number of hydrogen-bond donors (Lipinski definition) is 0. The van der Waals surface area contributed by atoms with Crippen molar-refractivity contribution in [1.82, 2.24) is 15.1 Å². The number of hydrogen-bond acceptors (Lipinski definition) is 4. The van der Waals surface area contributed by atoms with E-state index >= 15 is 0 Å². The molecule has 1 aliphatic rings. The number of nitrogens with zero attached hydrogens (tertiary/aromatic N) is 3. The lowest BCUT2D eigenvalue weighted by molar-refractivity contribution is -0.157. The molecule has 0 bridgehead atoms. The smallest absolute Gasteiger partial charge is 0.417 e. The first-order chi connectivity index (χ1) is 11.8. The van der Waals surface area contributed by atoms with Gasteiger partial charge < -0.3 is 9.32 Å². The fraction of sp³-hybridized carbons (Fsp3) is 0.400. The van der Waals surface area contributed by atoms with Crippen molar-refractivity contribution in [2.24, 2.45) is 0 Å². The highest BCUT2D eigenvalue weighted by Crippen LogP contribution is 2.32. The monoisotopic (exact) mass is 361 g/mol. The summed E-state index contributed by atoms with van der Waals surface area (Å²) in [5.41, 5.74) is -0.0407. The Balaban J connectivity index is 1.75. The number of alkyl halides is 3. The van der Waals surface area contributed by atoms with Crippen LogP contribution in [0, 0.1) is 11.6 Å². The number of likely N-dealkylation sites (tertiary alicyclic amines) is 1.